The van der Waals surface area contributed by atoms with Crippen LogP contribution in [0.15, 0.2) is 0 Å². The van der Waals surface area contributed by atoms with Crippen LogP contribution in [-0.2, 0) is 9.59 Å². The first-order valence-electron chi connectivity index (χ1n) is 5.19. The average molecular weight is 200 g/mol. The van der Waals surface area contributed by atoms with Crippen LogP contribution in [0.1, 0.15) is 39.5 Å². The topological polar surface area (TPSA) is 72.2 Å². The number of imide groups is 1. The second-order valence-electron chi connectivity index (χ2n) is 3.39. The summed E-state index contributed by atoms with van der Waals surface area (Å²) in [6.07, 6.45) is 3.57. The van der Waals surface area contributed by atoms with Gasteiger partial charge in [0, 0.05) is 5.92 Å². The molecule has 0 aliphatic carbocycles. The number of hydrogen-bond donors (Lipinski definition) is 2. The lowest BCUT2D eigenvalue weighted by atomic mass is 9.97. The van der Waals surface area contributed by atoms with Crippen molar-refractivity contribution < 1.29 is 9.59 Å². The Labute approximate surface area is 85.2 Å². The molecule has 14 heavy (non-hydrogen) atoms. The third-order valence-electron chi connectivity index (χ3n) is 2.09. The van der Waals surface area contributed by atoms with Crippen molar-refractivity contribution in [3.8, 4) is 0 Å². The molecular formula is C10H20N2O2. The summed E-state index contributed by atoms with van der Waals surface area (Å²) < 4.78 is 0. The zero-order valence-corrected chi connectivity index (χ0v) is 9.01. The zero-order valence-electron chi connectivity index (χ0n) is 9.01. The first kappa shape index (κ1) is 13.1. The molecule has 0 radical (unpaired) electrons. The zero-order chi connectivity index (χ0) is 11.0. The van der Waals surface area contributed by atoms with E-state index in [0.29, 0.717) is 0 Å². The molecule has 0 heterocycles. The van der Waals surface area contributed by atoms with E-state index in [1.54, 1.807) is 0 Å². The summed E-state index contributed by atoms with van der Waals surface area (Å²) in [5.41, 5.74) is 5.10. The smallest absolute Gasteiger partial charge is 0.240 e. The maximum absolute atomic E-state index is 11.5. The highest BCUT2D eigenvalue weighted by Gasteiger charge is 2.17. The van der Waals surface area contributed by atoms with E-state index in [1.165, 1.54) is 0 Å². The minimum Gasteiger partial charge on any atom is -0.322 e. The maximum atomic E-state index is 11.5. The van der Waals surface area contributed by atoms with Crippen LogP contribution in [0.3, 0.4) is 0 Å². The molecule has 4 nitrogen and oxygen atoms in total. The van der Waals surface area contributed by atoms with Crippen molar-refractivity contribution in [2.24, 2.45) is 11.7 Å². The summed E-state index contributed by atoms with van der Waals surface area (Å²) in [7, 11) is 0. The van der Waals surface area contributed by atoms with Crippen LogP contribution in [0.25, 0.3) is 0 Å². The van der Waals surface area contributed by atoms with Gasteiger partial charge in [-0.2, -0.15) is 0 Å². The summed E-state index contributed by atoms with van der Waals surface area (Å²) in [5, 5.41) is 2.30. The van der Waals surface area contributed by atoms with Gasteiger partial charge >= 0.3 is 0 Å². The summed E-state index contributed by atoms with van der Waals surface area (Å²) in [6.45, 7) is 3.93. The summed E-state index contributed by atoms with van der Waals surface area (Å²) in [4.78, 5) is 22.4. The standard InChI is InChI=1S/C10H20N2O2/c1-3-5-8(6-4-2)10(14)12-9(13)7-11/h8H,3-7,11H2,1-2H3,(H,12,13,14). The van der Waals surface area contributed by atoms with Gasteiger partial charge in [0.2, 0.25) is 11.8 Å². The van der Waals surface area contributed by atoms with Crippen molar-refractivity contribution in [1.82, 2.24) is 5.32 Å². The number of amides is 2. The van der Waals surface area contributed by atoms with Gasteiger partial charge in [-0.15, -0.1) is 0 Å². The van der Waals surface area contributed by atoms with E-state index >= 15 is 0 Å². The largest absolute Gasteiger partial charge is 0.322 e. The molecular weight excluding hydrogens is 180 g/mol. The molecule has 0 rings (SSSR count). The number of nitrogens with one attached hydrogen (secondary N) is 1. The minimum absolute atomic E-state index is 0.0412. The van der Waals surface area contributed by atoms with Crippen molar-refractivity contribution in [2.75, 3.05) is 6.54 Å². The van der Waals surface area contributed by atoms with Crippen molar-refractivity contribution in [2.45, 2.75) is 39.5 Å². The van der Waals surface area contributed by atoms with Gasteiger partial charge in [0.25, 0.3) is 0 Å². The Morgan fingerprint density at radius 2 is 1.71 bits per heavy atom. The van der Waals surface area contributed by atoms with Gasteiger partial charge in [0.05, 0.1) is 6.54 Å². The highest BCUT2D eigenvalue weighted by atomic mass is 16.2. The molecule has 0 saturated carbocycles. The lowest BCUT2D eigenvalue weighted by Gasteiger charge is -2.13. The lowest BCUT2D eigenvalue weighted by Crippen LogP contribution is -2.39. The fraction of sp³-hybridized carbons (Fsp3) is 0.800. The van der Waals surface area contributed by atoms with Crippen molar-refractivity contribution in [1.29, 1.82) is 0 Å². The average Bonchev–Trinajstić information content (AvgIpc) is 2.17. The molecule has 0 aromatic heterocycles. The highest BCUT2D eigenvalue weighted by Crippen LogP contribution is 2.13. The molecule has 0 unspecified atom stereocenters. The van der Waals surface area contributed by atoms with Crippen LogP contribution in [0.5, 0.6) is 0 Å². The molecule has 2 amide bonds. The van der Waals surface area contributed by atoms with Gasteiger partial charge in [-0.3, -0.25) is 14.9 Å². The second-order valence-corrected chi connectivity index (χ2v) is 3.39. The number of rotatable bonds is 6. The monoisotopic (exact) mass is 200 g/mol. The van der Waals surface area contributed by atoms with Crippen molar-refractivity contribution in [3.05, 3.63) is 0 Å². The van der Waals surface area contributed by atoms with Crippen LogP contribution in [0, 0.1) is 5.92 Å². The van der Waals surface area contributed by atoms with Crippen LogP contribution in [0.2, 0.25) is 0 Å². The van der Waals surface area contributed by atoms with E-state index in [0.717, 1.165) is 25.7 Å². The number of carbonyl (C=O) groups excluding carboxylic acids is 2. The first-order valence-corrected chi connectivity index (χ1v) is 5.19. The molecule has 0 aliphatic rings. The fourth-order valence-corrected chi connectivity index (χ4v) is 1.39. The Balaban J connectivity index is 4.06. The number of hydrogen-bond acceptors (Lipinski definition) is 3. The van der Waals surface area contributed by atoms with Crippen molar-refractivity contribution >= 4 is 11.8 Å². The summed E-state index contributed by atoms with van der Waals surface area (Å²) in [6, 6.07) is 0. The Bertz CT molecular complexity index is 187. The highest BCUT2D eigenvalue weighted by molar-refractivity contribution is 5.96. The number of carbonyl (C=O) groups is 2. The molecule has 82 valence electrons. The van der Waals surface area contributed by atoms with Crippen LogP contribution in [0.4, 0.5) is 0 Å². The quantitative estimate of drug-likeness (QED) is 0.666. The van der Waals surface area contributed by atoms with Gasteiger partial charge in [-0.1, -0.05) is 26.7 Å². The molecule has 0 bridgehead atoms. The SMILES string of the molecule is CCCC(CCC)C(=O)NC(=O)CN. The van der Waals surface area contributed by atoms with Gasteiger partial charge in [0.15, 0.2) is 0 Å². The predicted octanol–water partition coefficient (Wildman–Crippen LogP) is 0.804. The molecule has 0 atom stereocenters. The van der Waals surface area contributed by atoms with Crippen LogP contribution in [-0.4, -0.2) is 18.4 Å². The van der Waals surface area contributed by atoms with E-state index in [-0.39, 0.29) is 18.4 Å². The van der Waals surface area contributed by atoms with Gasteiger partial charge in [-0.25, -0.2) is 0 Å². The first-order chi connectivity index (χ1) is 6.65. The Kier molecular flexibility index (Phi) is 7.02. The Morgan fingerprint density at radius 1 is 1.21 bits per heavy atom. The third kappa shape index (κ3) is 4.97. The maximum Gasteiger partial charge on any atom is 0.240 e. The Morgan fingerprint density at radius 3 is 2.07 bits per heavy atom. The van der Waals surface area contributed by atoms with E-state index < -0.39 is 5.91 Å². The van der Waals surface area contributed by atoms with E-state index in [9.17, 15) is 9.59 Å². The second kappa shape index (κ2) is 7.50. The molecule has 0 aliphatic heterocycles. The fourth-order valence-electron chi connectivity index (χ4n) is 1.39. The molecule has 0 aromatic carbocycles. The van der Waals surface area contributed by atoms with Gasteiger partial charge in [0.1, 0.15) is 0 Å². The summed E-state index contributed by atoms with van der Waals surface area (Å²) in [5.74, 6) is -0.614. The van der Waals surface area contributed by atoms with E-state index in [1.807, 2.05) is 13.8 Å². The van der Waals surface area contributed by atoms with E-state index in [2.05, 4.69) is 5.32 Å². The predicted molar refractivity (Wildman–Crippen MR) is 55.5 cm³/mol. The molecule has 0 fully saturated rings. The van der Waals surface area contributed by atoms with Crippen LogP contribution < -0.4 is 11.1 Å². The van der Waals surface area contributed by atoms with Gasteiger partial charge in [-0.05, 0) is 12.8 Å². The molecule has 0 saturated heterocycles. The normalized spacial score (nSPS) is 10.3. The van der Waals surface area contributed by atoms with Gasteiger partial charge < -0.3 is 5.73 Å². The molecule has 0 spiro atoms. The van der Waals surface area contributed by atoms with E-state index in [4.69, 9.17) is 5.73 Å². The molecule has 0 aromatic rings. The molecule has 4 heteroatoms. The third-order valence-corrected chi connectivity index (χ3v) is 2.09. The molecule has 3 N–H and O–H groups in total. The lowest BCUT2D eigenvalue weighted by molar-refractivity contribution is -0.132. The minimum atomic E-state index is -0.396. The Hall–Kier alpha value is -0.900. The van der Waals surface area contributed by atoms with Crippen LogP contribution >= 0.6 is 0 Å². The van der Waals surface area contributed by atoms with Crippen molar-refractivity contribution in [3.63, 3.8) is 0 Å². The summed E-state index contributed by atoms with van der Waals surface area (Å²) >= 11 is 0. The number of nitrogens with two attached hydrogens (primary N) is 1.